The van der Waals surface area contributed by atoms with Gasteiger partial charge in [-0.1, -0.05) is 37.5 Å². The van der Waals surface area contributed by atoms with Crippen molar-refractivity contribution in [3.8, 4) is 5.75 Å². The number of nitrogens with zero attached hydrogens (tertiary/aromatic N) is 2. The summed E-state index contributed by atoms with van der Waals surface area (Å²) in [5.41, 5.74) is 0. The zero-order chi connectivity index (χ0) is 16.1. The van der Waals surface area contributed by atoms with E-state index in [1.165, 1.54) is 19.3 Å². The van der Waals surface area contributed by atoms with E-state index in [4.69, 9.17) is 4.74 Å². The first-order valence-corrected chi connectivity index (χ1v) is 8.30. The minimum absolute atomic E-state index is 0.161. The van der Waals surface area contributed by atoms with E-state index in [9.17, 15) is 4.79 Å². The summed E-state index contributed by atoms with van der Waals surface area (Å²) in [6.07, 6.45) is 7.18. The first-order valence-electron chi connectivity index (χ1n) is 8.30. The highest BCUT2D eigenvalue weighted by Crippen LogP contribution is 2.29. The third kappa shape index (κ3) is 3.92. The van der Waals surface area contributed by atoms with Crippen LogP contribution in [-0.2, 0) is 4.79 Å². The Bertz CT molecular complexity index is 633. The number of benzene rings is 1. The van der Waals surface area contributed by atoms with Crippen LogP contribution in [0.4, 0.5) is 5.82 Å². The Labute approximate surface area is 136 Å². The number of carbonyl (C=O) groups is 1. The number of hydrogen-bond donors (Lipinski definition) is 1. The first kappa shape index (κ1) is 15.6. The summed E-state index contributed by atoms with van der Waals surface area (Å²) < 4.78 is 7.62. The van der Waals surface area contributed by atoms with E-state index in [0.29, 0.717) is 11.8 Å². The van der Waals surface area contributed by atoms with E-state index in [0.717, 1.165) is 18.7 Å². The Morgan fingerprint density at radius 1 is 1.22 bits per heavy atom. The molecule has 3 rings (SSSR count). The fourth-order valence-electron chi connectivity index (χ4n) is 3.01. The van der Waals surface area contributed by atoms with Gasteiger partial charge in [-0.05, 0) is 31.9 Å². The molecule has 23 heavy (non-hydrogen) atoms. The second-order valence-corrected chi connectivity index (χ2v) is 6.02. The predicted octanol–water partition coefficient (Wildman–Crippen LogP) is 3.79. The zero-order valence-electron chi connectivity index (χ0n) is 13.4. The quantitative estimate of drug-likeness (QED) is 0.913. The molecule has 1 amide bonds. The van der Waals surface area contributed by atoms with Crippen molar-refractivity contribution < 1.29 is 9.53 Å². The second-order valence-electron chi connectivity index (χ2n) is 6.02. The second kappa shape index (κ2) is 7.31. The lowest BCUT2D eigenvalue weighted by Crippen LogP contribution is -2.31. The van der Waals surface area contributed by atoms with Crippen molar-refractivity contribution >= 4 is 11.7 Å². The molecule has 0 bridgehead atoms. The number of rotatable bonds is 5. The van der Waals surface area contributed by atoms with Crippen LogP contribution in [0.25, 0.3) is 0 Å². The largest absolute Gasteiger partial charge is 0.481 e. The molecule has 1 atom stereocenters. The highest BCUT2D eigenvalue weighted by molar-refractivity contribution is 5.93. The molecule has 1 fully saturated rings. The van der Waals surface area contributed by atoms with Crippen molar-refractivity contribution in [1.29, 1.82) is 0 Å². The molecule has 0 saturated heterocycles. The average molecular weight is 313 g/mol. The van der Waals surface area contributed by atoms with E-state index in [-0.39, 0.29) is 5.91 Å². The van der Waals surface area contributed by atoms with Gasteiger partial charge in [0.05, 0.1) is 12.2 Å². The van der Waals surface area contributed by atoms with Gasteiger partial charge in [-0.3, -0.25) is 4.79 Å². The molecule has 122 valence electrons. The van der Waals surface area contributed by atoms with Gasteiger partial charge < -0.3 is 10.1 Å². The highest BCUT2D eigenvalue weighted by Gasteiger charge is 2.21. The van der Waals surface area contributed by atoms with Gasteiger partial charge >= 0.3 is 0 Å². The molecule has 1 saturated carbocycles. The minimum atomic E-state index is -0.563. The van der Waals surface area contributed by atoms with Crippen LogP contribution in [0.1, 0.15) is 45.1 Å². The number of aromatic nitrogens is 2. The van der Waals surface area contributed by atoms with E-state index in [1.807, 2.05) is 41.1 Å². The van der Waals surface area contributed by atoms with Crippen molar-refractivity contribution in [1.82, 2.24) is 9.78 Å². The van der Waals surface area contributed by atoms with E-state index in [1.54, 1.807) is 13.1 Å². The fourth-order valence-corrected chi connectivity index (χ4v) is 3.01. The summed E-state index contributed by atoms with van der Waals surface area (Å²) in [5.74, 6) is 1.28. The molecule has 0 aliphatic heterocycles. The Balaban J connectivity index is 1.62. The fraction of sp³-hybridized carbons (Fsp3) is 0.444. The van der Waals surface area contributed by atoms with Crippen molar-refractivity contribution in [3.05, 3.63) is 42.6 Å². The summed E-state index contributed by atoms with van der Waals surface area (Å²) in [5, 5.41) is 7.34. The molecule has 1 aliphatic carbocycles. The molecule has 5 nitrogen and oxygen atoms in total. The maximum atomic E-state index is 12.4. The molecule has 2 aromatic rings. The lowest BCUT2D eigenvalue weighted by molar-refractivity contribution is -0.122. The Hall–Kier alpha value is -2.30. The predicted molar refractivity (Wildman–Crippen MR) is 89.5 cm³/mol. The van der Waals surface area contributed by atoms with Crippen molar-refractivity contribution in [2.45, 2.75) is 51.2 Å². The maximum absolute atomic E-state index is 12.4. The number of hydrogen-bond acceptors (Lipinski definition) is 3. The van der Waals surface area contributed by atoms with Crippen molar-refractivity contribution in [2.24, 2.45) is 0 Å². The van der Waals surface area contributed by atoms with Gasteiger partial charge in [-0.15, -0.1) is 0 Å². The molecular weight excluding hydrogens is 290 g/mol. The summed E-state index contributed by atoms with van der Waals surface area (Å²) in [6.45, 7) is 1.75. The van der Waals surface area contributed by atoms with Crippen LogP contribution in [0, 0.1) is 0 Å². The van der Waals surface area contributed by atoms with Crippen molar-refractivity contribution in [3.63, 3.8) is 0 Å². The first-order chi connectivity index (χ1) is 11.2. The van der Waals surface area contributed by atoms with Crippen LogP contribution < -0.4 is 10.1 Å². The molecule has 1 aliphatic rings. The van der Waals surface area contributed by atoms with Gasteiger partial charge in [0.2, 0.25) is 0 Å². The molecule has 5 heteroatoms. The molecular formula is C18H23N3O2. The summed E-state index contributed by atoms with van der Waals surface area (Å²) in [4.78, 5) is 12.4. The maximum Gasteiger partial charge on any atom is 0.266 e. The van der Waals surface area contributed by atoms with Crippen LogP contribution in [0.2, 0.25) is 0 Å². The van der Waals surface area contributed by atoms with E-state index in [2.05, 4.69) is 10.4 Å². The number of amides is 1. The molecule has 1 aromatic heterocycles. The van der Waals surface area contributed by atoms with Gasteiger partial charge in [0.25, 0.3) is 5.91 Å². The lowest BCUT2D eigenvalue weighted by Gasteiger charge is -2.24. The van der Waals surface area contributed by atoms with E-state index >= 15 is 0 Å². The molecule has 0 radical (unpaired) electrons. The van der Waals surface area contributed by atoms with Crippen LogP contribution in [0.3, 0.4) is 0 Å². The number of anilines is 1. The normalized spacial score (nSPS) is 16.7. The van der Waals surface area contributed by atoms with Crippen LogP contribution >= 0.6 is 0 Å². The summed E-state index contributed by atoms with van der Waals surface area (Å²) >= 11 is 0. The van der Waals surface area contributed by atoms with Gasteiger partial charge in [-0.25, -0.2) is 4.68 Å². The number of nitrogens with one attached hydrogen (secondary N) is 1. The number of ether oxygens (including phenoxy) is 1. The minimum Gasteiger partial charge on any atom is -0.481 e. The third-order valence-corrected chi connectivity index (χ3v) is 4.27. The summed E-state index contributed by atoms with van der Waals surface area (Å²) in [7, 11) is 0. The number of para-hydroxylation sites is 1. The van der Waals surface area contributed by atoms with Crippen molar-refractivity contribution in [2.75, 3.05) is 5.32 Å². The smallest absolute Gasteiger partial charge is 0.266 e. The van der Waals surface area contributed by atoms with Crippen LogP contribution in [0.15, 0.2) is 42.6 Å². The Morgan fingerprint density at radius 2 is 1.96 bits per heavy atom. The lowest BCUT2D eigenvalue weighted by atomic mass is 9.96. The third-order valence-electron chi connectivity index (χ3n) is 4.27. The standard InChI is InChI=1S/C18H23N3O2/c1-14(23-16-10-6-3-7-11-16)18(22)20-17-12-13-19-21(17)15-8-4-2-5-9-15/h3,6-7,10-15H,2,4-5,8-9H2,1H3,(H,20,22). The molecule has 1 aromatic carbocycles. The molecule has 1 unspecified atom stereocenters. The van der Waals surface area contributed by atoms with Gasteiger partial charge in [0, 0.05) is 6.07 Å². The van der Waals surface area contributed by atoms with E-state index < -0.39 is 6.10 Å². The summed E-state index contributed by atoms with van der Waals surface area (Å²) in [6, 6.07) is 11.6. The topological polar surface area (TPSA) is 56.1 Å². The van der Waals surface area contributed by atoms with Gasteiger partial charge in [0.1, 0.15) is 11.6 Å². The van der Waals surface area contributed by atoms with Crippen LogP contribution in [0.5, 0.6) is 5.75 Å². The Morgan fingerprint density at radius 3 is 2.70 bits per heavy atom. The molecule has 0 spiro atoms. The molecule has 1 N–H and O–H groups in total. The molecule has 1 heterocycles. The SMILES string of the molecule is CC(Oc1ccccc1)C(=O)Nc1ccnn1C1CCCCC1. The highest BCUT2D eigenvalue weighted by atomic mass is 16.5. The van der Waals surface area contributed by atoms with Gasteiger partial charge in [0.15, 0.2) is 6.10 Å². The average Bonchev–Trinajstić information content (AvgIpc) is 3.04. The van der Waals surface area contributed by atoms with Crippen LogP contribution in [-0.4, -0.2) is 21.8 Å². The number of carbonyl (C=O) groups excluding carboxylic acids is 1. The zero-order valence-corrected chi connectivity index (χ0v) is 13.4. The Kier molecular flexibility index (Phi) is 4.95. The monoisotopic (exact) mass is 313 g/mol. The van der Waals surface area contributed by atoms with Gasteiger partial charge in [-0.2, -0.15) is 5.10 Å².